The highest BCUT2D eigenvalue weighted by Crippen LogP contribution is 2.23. The van der Waals surface area contributed by atoms with E-state index in [1.807, 2.05) is 29.2 Å². The van der Waals surface area contributed by atoms with Crippen LogP contribution in [0.1, 0.15) is 31.2 Å². The molecule has 0 atom stereocenters. The standard InChI is InChI=1S/C22H26N4OS/c27-21-4-3-15-26(21)20-11-7-18(8-12-20)24-22(28)23-16-17-5-9-19(10-6-17)25-13-1-2-14-25/h5-12H,1-4,13-16H2,(H2,23,24,28). The van der Waals surface area contributed by atoms with Gasteiger partial charge in [-0.15, -0.1) is 0 Å². The fourth-order valence-electron chi connectivity index (χ4n) is 3.80. The summed E-state index contributed by atoms with van der Waals surface area (Å²) >= 11 is 5.41. The molecule has 2 N–H and O–H groups in total. The average Bonchev–Trinajstić information content (AvgIpc) is 3.39. The number of carbonyl (C=O) groups excluding carboxylic acids is 1. The van der Waals surface area contributed by atoms with Gasteiger partial charge in [-0.05, 0) is 73.4 Å². The van der Waals surface area contributed by atoms with Crippen LogP contribution in [-0.4, -0.2) is 30.7 Å². The molecule has 0 unspecified atom stereocenters. The molecule has 0 aromatic heterocycles. The zero-order valence-electron chi connectivity index (χ0n) is 16.0. The van der Waals surface area contributed by atoms with E-state index in [4.69, 9.17) is 12.2 Å². The maximum atomic E-state index is 11.8. The van der Waals surface area contributed by atoms with E-state index in [1.54, 1.807) is 0 Å². The van der Waals surface area contributed by atoms with Crippen LogP contribution in [0.4, 0.5) is 17.1 Å². The van der Waals surface area contributed by atoms with E-state index in [9.17, 15) is 4.79 Å². The van der Waals surface area contributed by atoms with Crippen LogP contribution in [0, 0.1) is 0 Å². The topological polar surface area (TPSA) is 47.6 Å². The minimum Gasteiger partial charge on any atom is -0.372 e. The molecule has 2 heterocycles. The zero-order chi connectivity index (χ0) is 19.3. The summed E-state index contributed by atoms with van der Waals surface area (Å²) in [6, 6.07) is 16.5. The molecule has 5 nitrogen and oxygen atoms in total. The largest absolute Gasteiger partial charge is 0.372 e. The molecule has 0 bridgehead atoms. The lowest BCUT2D eigenvalue weighted by molar-refractivity contribution is -0.117. The summed E-state index contributed by atoms with van der Waals surface area (Å²) < 4.78 is 0. The van der Waals surface area contributed by atoms with E-state index in [1.165, 1.54) is 24.1 Å². The Labute approximate surface area is 171 Å². The first-order valence-electron chi connectivity index (χ1n) is 9.98. The van der Waals surface area contributed by atoms with Crippen LogP contribution in [0.3, 0.4) is 0 Å². The lowest BCUT2D eigenvalue weighted by atomic mass is 10.2. The Morgan fingerprint density at radius 1 is 0.893 bits per heavy atom. The highest BCUT2D eigenvalue weighted by atomic mass is 32.1. The number of carbonyl (C=O) groups is 1. The number of thiocarbonyl (C=S) groups is 1. The molecular weight excluding hydrogens is 368 g/mol. The van der Waals surface area contributed by atoms with E-state index in [0.29, 0.717) is 18.1 Å². The number of benzene rings is 2. The second-order valence-electron chi connectivity index (χ2n) is 7.36. The smallest absolute Gasteiger partial charge is 0.227 e. The summed E-state index contributed by atoms with van der Waals surface area (Å²) in [5.41, 5.74) is 4.37. The summed E-state index contributed by atoms with van der Waals surface area (Å²) in [5.74, 6) is 0.202. The Balaban J connectivity index is 1.26. The van der Waals surface area contributed by atoms with Gasteiger partial charge >= 0.3 is 0 Å². The van der Waals surface area contributed by atoms with Crippen LogP contribution in [-0.2, 0) is 11.3 Å². The Hall–Kier alpha value is -2.60. The van der Waals surface area contributed by atoms with E-state index in [-0.39, 0.29) is 5.91 Å². The Bertz CT molecular complexity index is 829. The number of anilines is 3. The van der Waals surface area contributed by atoms with Gasteiger partial charge < -0.3 is 20.4 Å². The second-order valence-corrected chi connectivity index (χ2v) is 7.77. The molecule has 0 spiro atoms. The van der Waals surface area contributed by atoms with E-state index >= 15 is 0 Å². The van der Waals surface area contributed by atoms with Gasteiger partial charge in [0.1, 0.15) is 0 Å². The fraction of sp³-hybridized carbons (Fsp3) is 0.364. The Morgan fingerprint density at radius 2 is 1.57 bits per heavy atom. The SMILES string of the molecule is O=C1CCCN1c1ccc(NC(=S)NCc2ccc(N3CCCC3)cc2)cc1. The molecule has 0 aliphatic carbocycles. The lowest BCUT2D eigenvalue weighted by Crippen LogP contribution is -2.28. The number of hydrogen-bond acceptors (Lipinski definition) is 3. The van der Waals surface area contributed by atoms with Gasteiger partial charge in [0.2, 0.25) is 5.91 Å². The molecule has 2 aliphatic heterocycles. The number of nitrogens with one attached hydrogen (secondary N) is 2. The first-order valence-corrected chi connectivity index (χ1v) is 10.4. The van der Waals surface area contributed by atoms with Crippen molar-refractivity contribution in [2.75, 3.05) is 34.8 Å². The molecule has 4 rings (SSSR count). The Kier molecular flexibility index (Phi) is 5.76. The predicted molar refractivity (Wildman–Crippen MR) is 119 cm³/mol. The highest BCUT2D eigenvalue weighted by molar-refractivity contribution is 7.80. The average molecular weight is 395 g/mol. The summed E-state index contributed by atoms with van der Waals surface area (Å²) in [4.78, 5) is 16.1. The summed E-state index contributed by atoms with van der Waals surface area (Å²) in [7, 11) is 0. The maximum Gasteiger partial charge on any atom is 0.227 e. The quantitative estimate of drug-likeness (QED) is 0.753. The van der Waals surface area contributed by atoms with Gasteiger partial charge in [0.05, 0.1) is 0 Å². The summed E-state index contributed by atoms with van der Waals surface area (Å²) in [6.45, 7) is 3.82. The molecule has 2 aliphatic rings. The molecule has 146 valence electrons. The minimum atomic E-state index is 0.202. The van der Waals surface area contributed by atoms with Gasteiger partial charge in [-0.3, -0.25) is 4.79 Å². The van der Waals surface area contributed by atoms with Crippen molar-refractivity contribution in [1.29, 1.82) is 0 Å². The van der Waals surface area contributed by atoms with Gasteiger partial charge in [0.15, 0.2) is 5.11 Å². The van der Waals surface area contributed by atoms with E-state index in [0.717, 1.165) is 37.4 Å². The van der Waals surface area contributed by atoms with Crippen LogP contribution in [0.5, 0.6) is 0 Å². The van der Waals surface area contributed by atoms with Crippen LogP contribution in [0.2, 0.25) is 0 Å². The van der Waals surface area contributed by atoms with Crippen LogP contribution < -0.4 is 20.4 Å². The van der Waals surface area contributed by atoms with Gasteiger partial charge in [-0.2, -0.15) is 0 Å². The molecule has 28 heavy (non-hydrogen) atoms. The van der Waals surface area contributed by atoms with Crippen LogP contribution >= 0.6 is 12.2 Å². The molecule has 1 amide bonds. The highest BCUT2D eigenvalue weighted by Gasteiger charge is 2.21. The summed E-state index contributed by atoms with van der Waals surface area (Å²) in [6.07, 6.45) is 4.16. The van der Waals surface area contributed by atoms with Crippen molar-refractivity contribution >= 4 is 40.3 Å². The third-order valence-corrected chi connectivity index (χ3v) is 5.62. The predicted octanol–water partition coefficient (Wildman–Crippen LogP) is 3.90. The van der Waals surface area contributed by atoms with E-state index in [2.05, 4.69) is 39.8 Å². The molecule has 0 radical (unpaired) electrons. The van der Waals surface area contributed by atoms with Crippen molar-refractivity contribution < 1.29 is 4.79 Å². The molecule has 2 fully saturated rings. The first kappa shape index (κ1) is 18.7. The van der Waals surface area contributed by atoms with Gasteiger partial charge in [0, 0.05) is 49.7 Å². The number of amides is 1. The number of nitrogens with zero attached hydrogens (tertiary/aromatic N) is 2. The monoisotopic (exact) mass is 394 g/mol. The van der Waals surface area contributed by atoms with Crippen molar-refractivity contribution in [1.82, 2.24) is 5.32 Å². The van der Waals surface area contributed by atoms with Crippen molar-refractivity contribution in [3.05, 3.63) is 54.1 Å². The molecule has 0 saturated carbocycles. The van der Waals surface area contributed by atoms with Crippen molar-refractivity contribution in [3.63, 3.8) is 0 Å². The molecule has 6 heteroatoms. The third-order valence-electron chi connectivity index (χ3n) is 5.37. The van der Waals surface area contributed by atoms with Crippen LogP contribution in [0.15, 0.2) is 48.5 Å². The second kappa shape index (κ2) is 8.61. The Morgan fingerprint density at radius 3 is 2.21 bits per heavy atom. The maximum absolute atomic E-state index is 11.8. The van der Waals surface area contributed by atoms with Crippen LogP contribution in [0.25, 0.3) is 0 Å². The molecule has 2 aromatic rings. The van der Waals surface area contributed by atoms with E-state index < -0.39 is 0 Å². The number of rotatable bonds is 5. The van der Waals surface area contributed by atoms with Crippen molar-refractivity contribution in [2.45, 2.75) is 32.2 Å². The first-order chi connectivity index (χ1) is 13.7. The molecular formula is C22H26N4OS. The van der Waals surface area contributed by atoms with Crippen molar-refractivity contribution in [2.24, 2.45) is 0 Å². The zero-order valence-corrected chi connectivity index (χ0v) is 16.8. The minimum absolute atomic E-state index is 0.202. The molecule has 2 saturated heterocycles. The third kappa shape index (κ3) is 4.44. The van der Waals surface area contributed by atoms with Crippen molar-refractivity contribution in [3.8, 4) is 0 Å². The fourth-order valence-corrected chi connectivity index (χ4v) is 3.99. The van der Waals surface area contributed by atoms with Gasteiger partial charge in [0.25, 0.3) is 0 Å². The number of hydrogen-bond donors (Lipinski definition) is 2. The van der Waals surface area contributed by atoms with Gasteiger partial charge in [-0.25, -0.2) is 0 Å². The summed E-state index contributed by atoms with van der Waals surface area (Å²) in [5, 5.41) is 7.05. The molecule has 2 aromatic carbocycles. The van der Waals surface area contributed by atoms with Gasteiger partial charge in [-0.1, -0.05) is 12.1 Å². The normalized spacial score (nSPS) is 16.5. The lowest BCUT2D eigenvalue weighted by Gasteiger charge is -2.18.